The van der Waals surface area contributed by atoms with Crippen LogP contribution >= 0.6 is 11.3 Å². The lowest BCUT2D eigenvalue weighted by Gasteiger charge is -2.25. The molecular weight excluding hydrogens is 322 g/mol. The lowest BCUT2D eigenvalue weighted by molar-refractivity contribution is -0.130. The van der Waals surface area contributed by atoms with Gasteiger partial charge in [-0.1, -0.05) is 12.5 Å². The summed E-state index contributed by atoms with van der Waals surface area (Å²) in [7, 11) is 0. The molecule has 1 aromatic rings. The van der Waals surface area contributed by atoms with Crippen molar-refractivity contribution in [3.8, 4) is 0 Å². The van der Waals surface area contributed by atoms with E-state index >= 15 is 0 Å². The third-order valence-corrected chi connectivity index (χ3v) is 5.91. The van der Waals surface area contributed by atoms with E-state index in [0.29, 0.717) is 13.0 Å². The number of amides is 3. The van der Waals surface area contributed by atoms with Gasteiger partial charge in [0.2, 0.25) is 5.91 Å². The number of carbonyl (C=O) groups excluding carboxylic acids is 2. The van der Waals surface area contributed by atoms with Crippen molar-refractivity contribution in [3.63, 3.8) is 0 Å². The summed E-state index contributed by atoms with van der Waals surface area (Å²) in [6, 6.07) is 4.43. The number of carbonyl (C=O) groups is 2. The molecule has 2 aliphatic rings. The Balaban J connectivity index is 1.41. The van der Waals surface area contributed by atoms with Crippen molar-refractivity contribution in [1.82, 2.24) is 15.1 Å². The zero-order valence-corrected chi connectivity index (χ0v) is 15.0. The third kappa shape index (κ3) is 4.29. The zero-order valence-electron chi connectivity index (χ0n) is 14.2. The third-order valence-electron chi connectivity index (χ3n) is 4.94. The highest BCUT2D eigenvalue weighted by Gasteiger charge is 2.30. The molecule has 24 heavy (non-hydrogen) atoms. The summed E-state index contributed by atoms with van der Waals surface area (Å²) in [6.07, 6.45) is 6.91. The second-order valence-electron chi connectivity index (χ2n) is 6.64. The molecule has 0 bridgehead atoms. The first-order valence-electron chi connectivity index (χ1n) is 9.11. The Labute approximate surface area is 148 Å². The average Bonchev–Trinajstić information content (AvgIpc) is 3.22. The minimum Gasteiger partial charge on any atom is -0.343 e. The van der Waals surface area contributed by atoms with Crippen LogP contribution < -0.4 is 5.32 Å². The number of nitrogens with one attached hydrogen (secondary N) is 1. The molecule has 0 spiro atoms. The van der Waals surface area contributed by atoms with Crippen LogP contribution in [0.3, 0.4) is 0 Å². The Morgan fingerprint density at radius 2 is 2.17 bits per heavy atom. The molecule has 5 nitrogen and oxygen atoms in total. The molecule has 2 aliphatic heterocycles. The van der Waals surface area contributed by atoms with E-state index in [1.54, 1.807) is 11.3 Å². The monoisotopic (exact) mass is 349 g/mol. The fourth-order valence-electron chi connectivity index (χ4n) is 3.63. The molecule has 3 amide bonds. The quantitative estimate of drug-likeness (QED) is 0.829. The average molecular weight is 350 g/mol. The van der Waals surface area contributed by atoms with E-state index in [9.17, 15) is 9.59 Å². The Morgan fingerprint density at radius 1 is 1.25 bits per heavy atom. The standard InChI is InChI=1S/C18H27N3O2S/c22-17-9-2-1-3-11-20(17)12-6-10-19-18(23)21-13-4-7-15(21)16-8-5-14-24-16/h5,8,14-15H,1-4,6-7,9-13H2,(H,19,23). The Bertz CT molecular complexity index is 546. The van der Waals surface area contributed by atoms with Crippen LogP contribution in [0.4, 0.5) is 4.79 Å². The molecule has 2 saturated heterocycles. The molecule has 3 rings (SSSR count). The predicted octanol–water partition coefficient (Wildman–Crippen LogP) is 3.39. The van der Waals surface area contributed by atoms with Crippen molar-refractivity contribution in [1.29, 1.82) is 0 Å². The number of urea groups is 1. The maximum absolute atomic E-state index is 12.5. The fraction of sp³-hybridized carbons (Fsp3) is 0.667. The van der Waals surface area contributed by atoms with Gasteiger partial charge in [0.25, 0.3) is 0 Å². The first-order valence-corrected chi connectivity index (χ1v) is 9.99. The molecule has 2 fully saturated rings. The van der Waals surface area contributed by atoms with Gasteiger partial charge in [0.05, 0.1) is 6.04 Å². The Kier molecular flexibility index (Phi) is 6.12. The van der Waals surface area contributed by atoms with Crippen molar-refractivity contribution >= 4 is 23.3 Å². The first-order chi connectivity index (χ1) is 11.8. The molecule has 132 valence electrons. The molecule has 3 heterocycles. The van der Waals surface area contributed by atoms with Crippen LogP contribution in [0, 0.1) is 0 Å². The van der Waals surface area contributed by atoms with Crippen molar-refractivity contribution < 1.29 is 9.59 Å². The van der Waals surface area contributed by atoms with E-state index < -0.39 is 0 Å². The molecule has 0 radical (unpaired) electrons. The fourth-order valence-corrected chi connectivity index (χ4v) is 4.50. The molecule has 6 heteroatoms. The number of thiophene rings is 1. The van der Waals surface area contributed by atoms with Crippen LogP contribution in [-0.4, -0.2) is 47.9 Å². The van der Waals surface area contributed by atoms with E-state index in [4.69, 9.17) is 0 Å². The van der Waals surface area contributed by atoms with Gasteiger partial charge in [0, 0.05) is 37.5 Å². The topological polar surface area (TPSA) is 52.7 Å². The van der Waals surface area contributed by atoms with E-state index in [2.05, 4.69) is 16.8 Å². The summed E-state index contributed by atoms with van der Waals surface area (Å²) in [5.74, 6) is 0.274. The lowest BCUT2D eigenvalue weighted by Crippen LogP contribution is -2.40. The minimum absolute atomic E-state index is 0.0353. The van der Waals surface area contributed by atoms with Gasteiger partial charge in [0.1, 0.15) is 0 Å². The van der Waals surface area contributed by atoms with Crippen LogP contribution in [-0.2, 0) is 4.79 Å². The largest absolute Gasteiger partial charge is 0.343 e. The van der Waals surface area contributed by atoms with Crippen molar-refractivity contribution in [3.05, 3.63) is 22.4 Å². The number of hydrogen-bond acceptors (Lipinski definition) is 3. The van der Waals surface area contributed by atoms with Gasteiger partial charge in [0.15, 0.2) is 0 Å². The Hall–Kier alpha value is -1.56. The minimum atomic E-state index is 0.0353. The highest BCUT2D eigenvalue weighted by molar-refractivity contribution is 7.10. The molecule has 1 N–H and O–H groups in total. The number of rotatable bonds is 5. The number of hydrogen-bond donors (Lipinski definition) is 1. The van der Waals surface area contributed by atoms with Crippen molar-refractivity contribution in [2.75, 3.05) is 26.2 Å². The van der Waals surface area contributed by atoms with Crippen LogP contribution in [0.15, 0.2) is 17.5 Å². The van der Waals surface area contributed by atoms with Crippen LogP contribution in [0.1, 0.15) is 55.9 Å². The smallest absolute Gasteiger partial charge is 0.317 e. The van der Waals surface area contributed by atoms with E-state index in [1.165, 1.54) is 4.88 Å². The van der Waals surface area contributed by atoms with Gasteiger partial charge in [-0.3, -0.25) is 4.79 Å². The number of likely N-dealkylation sites (tertiary alicyclic amines) is 2. The highest BCUT2D eigenvalue weighted by Crippen LogP contribution is 2.34. The van der Waals surface area contributed by atoms with Crippen molar-refractivity contribution in [2.24, 2.45) is 0 Å². The van der Waals surface area contributed by atoms with Crippen LogP contribution in [0.2, 0.25) is 0 Å². The van der Waals surface area contributed by atoms with Gasteiger partial charge < -0.3 is 15.1 Å². The summed E-state index contributed by atoms with van der Waals surface area (Å²) in [5.41, 5.74) is 0. The molecule has 1 atom stereocenters. The Morgan fingerprint density at radius 3 is 3.00 bits per heavy atom. The molecule has 1 aromatic heterocycles. The van der Waals surface area contributed by atoms with Gasteiger partial charge in [-0.25, -0.2) is 4.79 Å². The highest BCUT2D eigenvalue weighted by atomic mass is 32.1. The van der Waals surface area contributed by atoms with Crippen LogP contribution in [0.25, 0.3) is 0 Å². The second kappa shape index (κ2) is 8.51. The maximum Gasteiger partial charge on any atom is 0.317 e. The lowest BCUT2D eigenvalue weighted by atomic mass is 10.2. The predicted molar refractivity (Wildman–Crippen MR) is 96.1 cm³/mol. The van der Waals surface area contributed by atoms with Gasteiger partial charge in [-0.2, -0.15) is 0 Å². The molecule has 0 aromatic carbocycles. The summed E-state index contributed by atoms with van der Waals surface area (Å²) in [6.45, 7) is 3.10. The summed E-state index contributed by atoms with van der Waals surface area (Å²) >= 11 is 1.72. The second-order valence-corrected chi connectivity index (χ2v) is 7.62. The normalized spacial score (nSPS) is 21.8. The maximum atomic E-state index is 12.5. The van der Waals surface area contributed by atoms with Crippen LogP contribution in [0.5, 0.6) is 0 Å². The van der Waals surface area contributed by atoms with Gasteiger partial charge in [-0.05, 0) is 43.6 Å². The molecular formula is C18H27N3O2S. The molecule has 0 saturated carbocycles. The van der Waals surface area contributed by atoms with E-state index in [1.807, 2.05) is 15.9 Å². The summed E-state index contributed by atoms with van der Waals surface area (Å²) in [5, 5.41) is 5.11. The summed E-state index contributed by atoms with van der Waals surface area (Å²) < 4.78 is 0. The SMILES string of the molecule is O=C1CCCCCN1CCCNC(=O)N1CCCC1c1cccs1. The van der Waals surface area contributed by atoms with E-state index in [0.717, 1.165) is 58.2 Å². The number of nitrogens with zero attached hydrogens (tertiary/aromatic N) is 2. The first kappa shape index (κ1) is 17.3. The molecule has 1 unspecified atom stereocenters. The molecule has 0 aliphatic carbocycles. The van der Waals surface area contributed by atoms with Crippen molar-refractivity contribution in [2.45, 2.75) is 51.0 Å². The van der Waals surface area contributed by atoms with Gasteiger partial charge in [-0.15, -0.1) is 11.3 Å². The van der Waals surface area contributed by atoms with E-state index in [-0.39, 0.29) is 18.0 Å². The summed E-state index contributed by atoms with van der Waals surface area (Å²) in [4.78, 5) is 29.6. The van der Waals surface area contributed by atoms with Gasteiger partial charge >= 0.3 is 6.03 Å². The zero-order chi connectivity index (χ0) is 16.8.